The predicted octanol–water partition coefficient (Wildman–Crippen LogP) is 2.03. The molecule has 1 aromatic heterocycles. The second kappa shape index (κ2) is 7.17. The lowest BCUT2D eigenvalue weighted by Gasteiger charge is -2.10. The molecule has 0 fully saturated rings. The van der Waals surface area contributed by atoms with Crippen LogP contribution in [-0.2, 0) is 13.5 Å². The number of nitrogens with one attached hydrogen (secondary N) is 1. The first kappa shape index (κ1) is 16.9. The first-order chi connectivity index (χ1) is 11.0. The molecule has 0 unspecified atom stereocenters. The number of carbonyl (C=O) groups is 1. The third kappa shape index (κ3) is 3.64. The van der Waals surface area contributed by atoms with E-state index >= 15 is 0 Å². The number of nitrogens with zero attached hydrogens (tertiary/aromatic N) is 2. The van der Waals surface area contributed by atoms with Gasteiger partial charge in [0.15, 0.2) is 11.5 Å². The fraction of sp³-hybridized carbons (Fsp3) is 0.412. The van der Waals surface area contributed by atoms with Crippen molar-refractivity contribution in [3.63, 3.8) is 0 Å². The van der Waals surface area contributed by atoms with E-state index in [1.54, 1.807) is 32.4 Å². The van der Waals surface area contributed by atoms with Gasteiger partial charge in [-0.3, -0.25) is 9.48 Å². The Morgan fingerprint density at radius 3 is 2.48 bits per heavy atom. The number of amides is 1. The summed E-state index contributed by atoms with van der Waals surface area (Å²) in [6.07, 6.45) is 0.755. The third-order valence-electron chi connectivity index (χ3n) is 3.97. The van der Waals surface area contributed by atoms with Crippen LogP contribution in [0.4, 0.5) is 0 Å². The number of ether oxygens (including phenoxy) is 2. The Bertz CT molecular complexity index is 707. The van der Waals surface area contributed by atoms with Crippen LogP contribution in [0, 0.1) is 13.8 Å². The van der Waals surface area contributed by atoms with Crippen LogP contribution in [0.2, 0.25) is 0 Å². The highest BCUT2D eigenvalue weighted by atomic mass is 16.5. The highest BCUT2D eigenvalue weighted by Crippen LogP contribution is 2.27. The van der Waals surface area contributed by atoms with Crippen LogP contribution >= 0.6 is 0 Å². The second-order valence-corrected chi connectivity index (χ2v) is 5.35. The molecule has 1 N–H and O–H groups in total. The topological polar surface area (TPSA) is 65.4 Å². The summed E-state index contributed by atoms with van der Waals surface area (Å²) >= 11 is 0. The molecule has 0 bridgehead atoms. The monoisotopic (exact) mass is 317 g/mol. The molecule has 0 aliphatic heterocycles. The van der Waals surface area contributed by atoms with Crippen molar-refractivity contribution in [1.82, 2.24) is 15.1 Å². The van der Waals surface area contributed by atoms with Crippen molar-refractivity contribution in [3.8, 4) is 11.5 Å². The average Bonchev–Trinajstić information content (AvgIpc) is 2.80. The van der Waals surface area contributed by atoms with E-state index in [1.165, 1.54) is 5.56 Å². The highest BCUT2D eigenvalue weighted by Gasteiger charge is 2.12. The average molecular weight is 317 g/mol. The number of carbonyl (C=O) groups excluding carboxylic acids is 1. The molecule has 0 atom stereocenters. The molecular formula is C17H23N3O3. The number of aryl methyl sites for hydroxylation is 2. The van der Waals surface area contributed by atoms with Gasteiger partial charge in [0.25, 0.3) is 5.91 Å². The number of benzene rings is 1. The van der Waals surface area contributed by atoms with E-state index in [1.807, 2.05) is 25.6 Å². The SMILES string of the molecule is COc1ccc(C(=O)NCCc2c(C)nn(C)c2C)cc1OC. The van der Waals surface area contributed by atoms with Crippen LogP contribution in [0.5, 0.6) is 11.5 Å². The van der Waals surface area contributed by atoms with Crippen LogP contribution < -0.4 is 14.8 Å². The van der Waals surface area contributed by atoms with Crippen molar-refractivity contribution in [3.05, 3.63) is 40.7 Å². The molecule has 2 aromatic rings. The largest absolute Gasteiger partial charge is 0.493 e. The summed E-state index contributed by atoms with van der Waals surface area (Å²) < 4.78 is 12.3. The van der Waals surface area contributed by atoms with Gasteiger partial charge < -0.3 is 14.8 Å². The Morgan fingerprint density at radius 2 is 1.91 bits per heavy atom. The van der Waals surface area contributed by atoms with Crippen molar-refractivity contribution in [2.45, 2.75) is 20.3 Å². The third-order valence-corrected chi connectivity index (χ3v) is 3.97. The lowest BCUT2D eigenvalue weighted by atomic mass is 10.1. The fourth-order valence-electron chi connectivity index (χ4n) is 2.56. The van der Waals surface area contributed by atoms with E-state index < -0.39 is 0 Å². The predicted molar refractivity (Wildman–Crippen MR) is 88.3 cm³/mol. The van der Waals surface area contributed by atoms with Crippen molar-refractivity contribution >= 4 is 5.91 Å². The maximum atomic E-state index is 12.2. The van der Waals surface area contributed by atoms with Gasteiger partial charge in [0.2, 0.25) is 0 Å². The quantitative estimate of drug-likeness (QED) is 0.885. The normalized spacial score (nSPS) is 10.5. The second-order valence-electron chi connectivity index (χ2n) is 5.35. The Hall–Kier alpha value is -2.50. The summed E-state index contributed by atoms with van der Waals surface area (Å²) in [6, 6.07) is 5.12. The number of hydrogen-bond acceptors (Lipinski definition) is 4. The zero-order chi connectivity index (χ0) is 17.0. The summed E-state index contributed by atoms with van der Waals surface area (Å²) in [5, 5.41) is 7.31. The summed E-state index contributed by atoms with van der Waals surface area (Å²) in [4.78, 5) is 12.2. The van der Waals surface area contributed by atoms with Crippen LogP contribution in [0.15, 0.2) is 18.2 Å². The van der Waals surface area contributed by atoms with Gasteiger partial charge in [0.1, 0.15) is 0 Å². The molecule has 0 aliphatic rings. The fourth-order valence-corrected chi connectivity index (χ4v) is 2.56. The maximum absolute atomic E-state index is 12.2. The van der Waals surface area contributed by atoms with Gasteiger partial charge in [-0.15, -0.1) is 0 Å². The van der Waals surface area contributed by atoms with Crippen molar-refractivity contribution in [2.75, 3.05) is 20.8 Å². The first-order valence-corrected chi connectivity index (χ1v) is 7.47. The zero-order valence-corrected chi connectivity index (χ0v) is 14.3. The number of aromatic nitrogens is 2. The molecule has 0 saturated heterocycles. The van der Waals surface area contributed by atoms with Crippen LogP contribution in [0.1, 0.15) is 27.3 Å². The van der Waals surface area contributed by atoms with E-state index in [0.29, 0.717) is 23.6 Å². The molecular weight excluding hydrogens is 294 g/mol. The van der Waals surface area contributed by atoms with Crippen LogP contribution in [0.3, 0.4) is 0 Å². The number of hydrogen-bond donors (Lipinski definition) is 1. The molecule has 1 aromatic carbocycles. The first-order valence-electron chi connectivity index (χ1n) is 7.47. The lowest BCUT2D eigenvalue weighted by Crippen LogP contribution is -2.26. The van der Waals surface area contributed by atoms with Crippen LogP contribution in [0.25, 0.3) is 0 Å². The number of methoxy groups -OCH3 is 2. The summed E-state index contributed by atoms with van der Waals surface area (Å²) in [6.45, 7) is 4.57. The van der Waals surface area contributed by atoms with E-state index in [0.717, 1.165) is 17.8 Å². The van der Waals surface area contributed by atoms with Gasteiger partial charge in [0.05, 0.1) is 19.9 Å². The van der Waals surface area contributed by atoms with E-state index in [4.69, 9.17) is 9.47 Å². The highest BCUT2D eigenvalue weighted by molar-refractivity contribution is 5.94. The van der Waals surface area contributed by atoms with Gasteiger partial charge in [0, 0.05) is 24.8 Å². The minimum absolute atomic E-state index is 0.134. The molecule has 6 nitrogen and oxygen atoms in total. The minimum Gasteiger partial charge on any atom is -0.493 e. The molecule has 0 saturated carbocycles. The Morgan fingerprint density at radius 1 is 1.22 bits per heavy atom. The lowest BCUT2D eigenvalue weighted by molar-refractivity contribution is 0.0953. The summed E-state index contributed by atoms with van der Waals surface area (Å²) in [7, 11) is 5.04. The van der Waals surface area contributed by atoms with E-state index in [2.05, 4.69) is 10.4 Å². The Kier molecular flexibility index (Phi) is 5.26. The molecule has 1 amide bonds. The van der Waals surface area contributed by atoms with Crippen molar-refractivity contribution < 1.29 is 14.3 Å². The van der Waals surface area contributed by atoms with Crippen molar-refractivity contribution in [2.24, 2.45) is 7.05 Å². The molecule has 124 valence electrons. The Labute approximate surface area is 136 Å². The van der Waals surface area contributed by atoms with Gasteiger partial charge in [-0.05, 0) is 44.0 Å². The molecule has 23 heavy (non-hydrogen) atoms. The van der Waals surface area contributed by atoms with Crippen molar-refractivity contribution in [1.29, 1.82) is 0 Å². The molecule has 2 rings (SSSR count). The summed E-state index contributed by atoms with van der Waals surface area (Å²) in [5.74, 6) is 1.01. The number of rotatable bonds is 6. The molecule has 0 radical (unpaired) electrons. The molecule has 1 heterocycles. The summed E-state index contributed by atoms with van der Waals surface area (Å²) in [5.41, 5.74) is 3.86. The molecule has 6 heteroatoms. The van der Waals surface area contributed by atoms with E-state index in [9.17, 15) is 4.79 Å². The maximum Gasteiger partial charge on any atom is 0.251 e. The molecule has 0 aliphatic carbocycles. The van der Waals surface area contributed by atoms with Gasteiger partial charge in [-0.2, -0.15) is 5.10 Å². The smallest absolute Gasteiger partial charge is 0.251 e. The van der Waals surface area contributed by atoms with Crippen LogP contribution in [-0.4, -0.2) is 36.5 Å². The molecule has 0 spiro atoms. The van der Waals surface area contributed by atoms with Gasteiger partial charge in [-0.25, -0.2) is 0 Å². The van der Waals surface area contributed by atoms with Gasteiger partial charge >= 0.3 is 0 Å². The van der Waals surface area contributed by atoms with Gasteiger partial charge in [-0.1, -0.05) is 0 Å². The standard InChI is InChI=1S/C17H23N3O3/c1-11-14(12(2)20(3)19-11)8-9-18-17(21)13-6-7-15(22-4)16(10-13)23-5/h6-7,10H,8-9H2,1-5H3,(H,18,21). The van der Waals surface area contributed by atoms with E-state index in [-0.39, 0.29) is 5.91 Å². The zero-order valence-electron chi connectivity index (χ0n) is 14.3. The minimum atomic E-state index is -0.134. The Balaban J connectivity index is 2.00.